The molecule has 2 unspecified atom stereocenters. The molecule has 3 amide bonds. The number of pyridine rings is 1. The summed E-state index contributed by atoms with van der Waals surface area (Å²) in [6.07, 6.45) is 9.81. The van der Waals surface area contributed by atoms with Crippen molar-refractivity contribution in [3.63, 3.8) is 0 Å². The molecule has 0 spiro atoms. The predicted octanol–water partition coefficient (Wildman–Crippen LogP) is 5.08. The fourth-order valence-corrected chi connectivity index (χ4v) is 13.3. The van der Waals surface area contributed by atoms with E-state index >= 15 is 4.39 Å². The summed E-state index contributed by atoms with van der Waals surface area (Å²) in [5.74, 6) is -0.593. The molecule has 2 aromatic heterocycles. The van der Waals surface area contributed by atoms with Gasteiger partial charge in [0.2, 0.25) is 11.8 Å². The molecule has 7 aliphatic heterocycles. The van der Waals surface area contributed by atoms with Gasteiger partial charge in [0.05, 0.1) is 12.0 Å². The van der Waals surface area contributed by atoms with Crippen molar-refractivity contribution in [1.82, 2.24) is 45.2 Å². The lowest BCUT2D eigenvalue weighted by molar-refractivity contribution is -0.136. The van der Waals surface area contributed by atoms with Gasteiger partial charge in [-0.05, 0) is 104 Å². The maximum atomic E-state index is 17.2. The zero-order valence-corrected chi connectivity index (χ0v) is 41.1. The third-order valence-corrected chi connectivity index (χ3v) is 17.5. The molecule has 2 bridgehead atoms. The number of fused-ring (bicyclic) bond motifs is 5. The van der Waals surface area contributed by atoms with Crippen molar-refractivity contribution < 1.29 is 28.6 Å². The van der Waals surface area contributed by atoms with Crippen LogP contribution in [0.25, 0.3) is 32.9 Å². The van der Waals surface area contributed by atoms with E-state index in [4.69, 9.17) is 19.7 Å². The highest BCUT2D eigenvalue weighted by atomic mass is 19.1. The minimum atomic E-state index is -0.602. The highest BCUT2D eigenvalue weighted by Gasteiger charge is 2.48. The van der Waals surface area contributed by atoms with Crippen LogP contribution in [-0.2, 0) is 22.6 Å². The average molecular weight is 978 g/mol. The fourth-order valence-electron chi connectivity index (χ4n) is 13.3. The van der Waals surface area contributed by atoms with E-state index in [1.54, 1.807) is 23.2 Å². The van der Waals surface area contributed by atoms with Gasteiger partial charge in [0.15, 0.2) is 5.82 Å². The van der Waals surface area contributed by atoms with Crippen LogP contribution in [-0.4, -0.2) is 166 Å². The van der Waals surface area contributed by atoms with Crippen LogP contribution in [0.1, 0.15) is 79.8 Å². The SMILES string of the molecule is CCc1cccc2cc(O)cc(-c3ncc4c(N5CC6CCC(C5)N6)nc(OCC5(CN6CC(N7CCC(N8CCN(c9ccc%10c(c9)CN([C@H]9CCC(=O)NC9=O)C%10=O)CC8)CC7)C6)CC5)nc4c3F)c12. The molecule has 0 radical (unpaired) electrons. The summed E-state index contributed by atoms with van der Waals surface area (Å²) in [6, 6.07) is 16.8. The standard InChI is InChI=1S/C55H64FN11O5/c1-2-33-4-3-5-34-23-41(68)24-43(47(33)34)49-48(56)50-44(25-57-49)51(66-27-36-6-7-37(28-66)58-36)61-54(60-50)72-32-55(14-15-55)31-62-29-40(30-62)63-16-12-38(13-17-63)64-18-20-65(21-19-64)39-8-9-42-35(22-39)26-67(53(42)71)45-10-11-46(69)59-52(45)70/h3-5,8-9,22-25,36-38,40,45,58,68H,2,6-7,10-21,26-32H2,1H3,(H,59,69,70)/t36?,37?,45-/m0/s1. The second-order valence-corrected chi connectivity index (χ2v) is 22.1. The number of carbonyl (C=O) groups is 3. The molecule has 17 heteroatoms. The highest BCUT2D eigenvalue weighted by molar-refractivity contribution is 6.06. The maximum Gasteiger partial charge on any atom is 0.319 e. The molecule has 3 N–H and O–H groups in total. The van der Waals surface area contributed by atoms with Crippen molar-refractivity contribution in [2.24, 2.45) is 5.41 Å². The van der Waals surface area contributed by atoms with Gasteiger partial charge in [0.1, 0.15) is 28.8 Å². The molecular weight excluding hydrogens is 914 g/mol. The lowest BCUT2D eigenvalue weighted by Gasteiger charge is -2.50. The van der Waals surface area contributed by atoms with Crippen molar-refractivity contribution in [2.45, 2.75) is 101 Å². The number of hydrogen-bond acceptors (Lipinski definition) is 14. The lowest BCUT2D eigenvalue weighted by atomic mass is 9.95. The van der Waals surface area contributed by atoms with E-state index in [1.165, 1.54) is 12.8 Å². The maximum absolute atomic E-state index is 17.2. The number of aromatic hydroxyl groups is 1. The number of carbonyl (C=O) groups excluding carboxylic acids is 3. The number of halogens is 1. The van der Waals surface area contributed by atoms with Gasteiger partial charge in [-0.1, -0.05) is 25.1 Å². The fraction of sp³-hybridized carbons (Fsp3) is 0.527. The van der Waals surface area contributed by atoms with E-state index in [2.05, 4.69) is 48.1 Å². The van der Waals surface area contributed by atoms with Gasteiger partial charge in [0, 0.05) is 138 Å². The first-order valence-corrected chi connectivity index (χ1v) is 26.5. The number of rotatable bonds is 12. The van der Waals surface area contributed by atoms with Gasteiger partial charge >= 0.3 is 6.01 Å². The number of anilines is 2. The number of nitrogens with one attached hydrogen (secondary N) is 2. The molecule has 376 valence electrons. The van der Waals surface area contributed by atoms with Crippen LogP contribution in [0.4, 0.5) is 15.9 Å². The van der Waals surface area contributed by atoms with E-state index in [0.717, 1.165) is 132 Å². The van der Waals surface area contributed by atoms with E-state index in [0.29, 0.717) is 66.1 Å². The Morgan fingerprint density at radius 3 is 2.36 bits per heavy atom. The number of aromatic nitrogens is 3. The van der Waals surface area contributed by atoms with Crippen LogP contribution in [0.3, 0.4) is 0 Å². The van der Waals surface area contributed by atoms with Crippen molar-refractivity contribution >= 4 is 50.9 Å². The van der Waals surface area contributed by atoms with Gasteiger partial charge in [0.25, 0.3) is 5.91 Å². The highest BCUT2D eigenvalue weighted by Crippen LogP contribution is 2.48. The molecular formula is C55H64FN11O5. The number of aryl methyl sites for hydroxylation is 1. The number of nitrogens with zero attached hydrogens (tertiary/aromatic N) is 9. The second kappa shape index (κ2) is 18.2. The number of piperazine rings is 2. The quantitative estimate of drug-likeness (QED) is 0.142. The molecule has 3 atom stereocenters. The van der Waals surface area contributed by atoms with Crippen LogP contribution in [0.2, 0.25) is 0 Å². The topological polar surface area (TPSA) is 163 Å². The number of hydrogen-bond donors (Lipinski definition) is 3. The number of imide groups is 1. The number of benzene rings is 3. The van der Waals surface area contributed by atoms with Crippen LogP contribution < -0.4 is 25.2 Å². The smallest absolute Gasteiger partial charge is 0.319 e. The van der Waals surface area contributed by atoms with E-state index in [-0.39, 0.29) is 52.5 Å². The van der Waals surface area contributed by atoms with Crippen LogP contribution in [0.15, 0.2) is 54.7 Å². The first kappa shape index (κ1) is 45.8. The number of amides is 3. The summed E-state index contributed by atoms with van der Waals surface area (Å²) in [7, 11) is 0. The minimum Gasteiger partial charge on any atom is -0.508 e. The third-order valence-electron chi connectivity index (χ3n) is 17.5. The third kappa shape index (κ3) is 8.39. The molecule has 16 nitrogen and oxygen atoms in total. The van der Waals surface area contributed by atoms with E-state index in [1.807, 2.05) is 30.3 Å². The van der Waals surface area contributed by atoms with Gasteiger partial charge in [-0.15, -0.1) is 0 Å². The molecule has 1 saturated carbocycles. The Hall–Kier alpha value is -6.01. The van der Waals surface area contributed by atoms with Gasteiger partial charge < -0.3 is 29.9 Å². The summed E-state index contributed by atoms with van der Waals surface area (Å²) in [4.78, 5) is 66.3. The monoisotopic (exact) mass is 978 g/mol. The lowest BCUT2D eigenvalue weighted by Crippen LogP contribution is -2.63. The zero-order valence-electron chi connectivity index (χ0n) is 41.1. The normalized spacial score (nSPS) is 25.1. The molecule has 8 aliphatic rings. The molecule has 5 aromatic rings. The number of phenols is 1. The Labute approximate surface area is 418 Å². The molecule has 9 heterocycles. The first-order chi connectivity index (χ1) is 35.0. The molecule has 6 saturated heterocycles. The van der Waals surface area contributed by atoms with Gasteiger partial charge in [-0.2, -0.15) is 9.97 Å². The number of ether oxygens (including phenoxy) is 1. The summed E-state index contributed by atoms with van der Waals surface area (Å²) >= 11 is 0. The van der Waals surface area contributed by atoms with E-state index in [9.17, 15) is 19.5 Å². The molecule has 72 heavy (non-hydrogen) atoms. The minimum absolute atomic E-state index is 0.0269. The molecule has 3 aromatic carbocycles. The average Bonchev–Trinajstić information content (AvgIpc) is 3.97. The van der Waals surface area contributed by atoms with Gasteiger partial charge in [-0.25, -0.2) is 4.39 Å². The number of likely N-dealkylation sites (tertiary alicyclic amines) is 2. The Morgan fingerprint density at radius 2 is 1.61 bits per heavy atom. The summed E-state index contributed by atoms with van der Waals surface area (Å²) in [5.41, 5.74) is 4.71. The first-order valence-electron chi connectivity index (χ1n) is 26.5. The van der Waals surface area contributed by atoms with Gasteiger partial charge in [-0.3, -0.25) is 39.4 Å². The number of phenolic OH excluding ortho intramolecular Hbond substituents is 1. The van der Waals surface area contributed by atoms with Crippen molar-refractivity contribution in [2.75, 3.05) is 88.4 Å². The van der Waals surface area contributed by atoms with Crippen LogP contribution >= 0.6 is 0 Å². The largest absolute Gasteiger partial charge is 0.508 e. The predicted molar refractivity (Wildman–Crippen MR) is 272 cm³/mol. The molecule has 13 rings (SSSR count). The van der Waals surface area contributed by atoms with Crippen molar-refractivity contribution in [3.8, 4) is 23.0 Å². The molecule has 7 fully saturated rings. The second-order valence-electron chi connectivity index (χ2n) is 22.1. The van der Waals surface area contributed by atoms with Crippen molar-refractivity contribution in [3.05, 3.63) is 77.2 Å². The Balaban J connectivity index is 0.621. The Bertz CT molecular complexity index is 2970. The Kier molecular flexibility index (Phi) is 11.6. The summed E-state index contributed by atoms with van der Waals surface area (Å²) < 4.78 is 23.7. The summed E-state index contributed by atoms with van der Waals surface area (Å²) in [5, 5.41) is 19.2. The molecule has 1 aliphatic carbocycles. The number of piperidine rings is 2. The van der Waals surface area contributed by atoms with E-state index < -0.39 is 11.9 Å². The zero-order chi connectivity index (χ0) is 48.8. The van der Waals surface area contributed by atoms with Crippen LogP contribution in [0, 0.1) is 11.2 Å². The van der Waals surface area contributed by atoms with Crippen LogP contribution in [0.5, 0.6) is 11.8 Å². The van der Waals surface area contributed by atoms with Crippen molar-refractivity contribution in [1.29, 1.82) is 0 Å². The Morgan fingerprint density at radius 1 is 0.833 bits per heavy atom. The summed E-state index contributed by atoms with van der Waals surface area (Å²) in [6.45, 7) is 13.7.